The predicted molar refractivity (Wildman–Crippen MR) is 94.0 cm³/mol. The fraction of sp³-hybridized carbons (Fsp3) is 0.588. The van der Waals surface area contributed by atoms with E-state index in [4.69, 9.17) is 5.73 Å². The van der Waals surface area contributed by atoms with Crippen LogP contribution in [0.4, 0.5) is 0 Å². The Balaban J connectivity index is 1.93. The van der Waals surface area contributed by atoms with Gasteiger partial charge in [0.1, 0.15) is 0 Å². The number of piperidine rings is 1. The van der Waals surface area contributed by atoms with Gasteiger partial charge in [0, 0.05) is 25.6 Å². The number of rotatable bonds is 5. The summed E-state index contributed by atoms with van der Waals surface area (Å²) >= 11 is 0. The third-order valence-electron chi connectivity index (χ3n) is 4.79. The molecule has 1 amide bonds. The minimum absolute atomic E-state index is 0.0585. The van der Waals surface area contributed by atoms with Crippen LogP contribution in [0.15, 0.2) is 29.2 Å². The second-order valence-electron chi connectivity index (χ2n) is 7.05. The molecule has 7 heteroatoms. The van der Waals surface area contributed by atoms with Crippen molar-refractivity contribution in [3.8, 4) is 0 Å². The van der Waals surface area contributed by atoms with Gasteiger partial charge in [0.15, 0.2) is 0 Å². The fourth-order valence-electron chi connectivity index (χ4n) is 2.95. The lowest BCUT2D eigenvalue weighted by Gasteiger charge is -2.42. The lowest BCUT2D eigenvalue weighted by atomic mass is 9.79. The van der Waals surface area contributed by atoms with Crippen LogP contribution in [-0.4, -0.2) is 45.4 Å². The summed E-state index contributed by atoms with van der Waals surface area (Å²) in [7, 11) is -2.04. The standard InChI is InChI=1S/C17H27N3O3S/c1-17(2)12-20(11-10-15(17)18)16(21)9-6-13-4-7-14(8-5-13)24(22,23)19-3/h4-5,7-8,15,19H,6,9-12,18H2,1-3H3. The molecule has 0 aromatic heterocycles. The van der Waals surface area contributed by atoms with Gasteiger partial charge in [-0.15, -0.1) is 0 Å². The number of sulfonamides is 1. The molecule has 1 heterocycles. The molecule has 1 fully saturated rings. The minimum Gasteiger partial charge on any atom is -0.342 e. The highest BCUT2D eigenvalue weighted by Gasteiger charge is 2.34. The Morgan fingerprint density at radius 2 is 1.96 bits per heavy atom. The van der Waals surface area contributed by atoms with Gasteiger partial charge < -0.3 is 10.6 Å². The molecule has 1 aliphatic heterocycles. The zero-order valence-corrected chi connectivity index (χ0v) is 15.4. The summed E-state index contributed by atoms with van der Waals surface area (Å²) in [5.74, 6) is 0.127. The van der Waals surface area contributed by atoms with Crippen LogP contribution in [-0.2, 0) is 21.2 Å². The van der Waals surface area contributed by atoms with Crippen LogP contribution in [0.25, 0.3) is 0 Å². The third kappa shape index (κ3) is 4.34. The smallest absolute Gasteiger partial charge is 0.240 e. The Morgan fingerprint density at radius 3 is 2.50 bits per heavy atom. The Labute approximate surface area is 144 Å². The number of benzene rings is 1. The van der Waals surface area contributed by atoms with E-state index < -0.39 is 10.0 Å². The number of likely N-dealkylation sites (tertiary alicyclic amines) is 1. The molecule has 1 unspecified atom stereocenters. The van der Waals surface area contributed by atoms with Crippen molar-refractivity contribution in [3.05, 3.63) is 29.8 Å². The molecule has 0 spiro atoms. The van der Waals surface area contributed by atoms with Crippen LogP contribution in [0.2, 0.25) is 0 Å². The average Bonchev–Trinajstić information content (AvgIpc) is 2.55. The molecule has 0 aliphatic carbocycles. The summed E-state index contributed by atoms with van der Waals surface area (Å²) in [6.07, 6.45) is 1.85. The molecule has 1 aromatic carbocycles. The molecule has 1 aromatic rings. The van der Waals surface area contributed by atoms with E-state index in [2.05, 4.69) is 18.6 Å². The van der Waals surface area contributed by atoms with Crippen LogP contribution < -0.4 is 10.5 Å². The molecule has 0 bridgehead atoms. The molecular formula is C17H27N3O3S. The first-order valence-electron chi connectivity index (χ1n) is 8.21. The maximum atomic E-state index is 12.4. The van der Waals surface area contributed by atoms with Crippen LogP contribution in [0.3, 0.4) is 0 Å². The molecule has 1 atom stereocenters. The number of nitrogens with zero attached hydrogens (tertiary/aromatic N) is 1. The lowest BCUT2D eigenvalue weighted by molar-refractivity contribution is -0.134. The Morgan fingerprint density at radius 1 is 1.33 bits per heavy atom. The van der Waals surface area contributed by atoms with E-state index >= 15 is 0 Å². The normalized spacial score (nSPS) is 20.8. The molecule has 1 saturated heterocycles. The van der Waals surface area contributed by atoms with Crippen molar-refractivity contribution in [2.24, 2.45) is 11.1 Å². The summed E-state index contributed by atoms with van der Waals surface area (Å²) in [4.78, 5) is 14.5. The number of hydrogen-bond donors (Lipinski definition) is 2. The van der Waals surface area contributed by atoms with Crippen molar-refractivity contribution in [2.75, 3.05) is 20.1 Å². The number of amides is 1. The van der Waals surface area contributed by atoms with E-state index in [9.17, 15) is 13.2 Å². The molecule has 2 rings (SSSR count). The lowest BCUT2D eigenvalue weighted by Crippen LogP contribution is -2.54. The van der Waals surface area contributed by atoms with E-state index in [0.717, 1.165) is 12.0 Å². The van der Waals surface area contributed by atoms with Crippen molar-refractivity contribution in [1.29, 1.82) is 0 Å². The van der Waals surface area contributed by atoms with E-state index in [1.54, 1.807) is 24.3 Å². The summed E-state index contributed by atoms with van der Waals surface area (Å²) in [6, 6.07) is 6.77. The molecule has 1 aliphatic rings. The molecular weight excluding hydrogens is 326 g/mol. The van der Waals surface area contributed by atoms with Gasteiger partial charge in [-0.2, -0.15) is 0 Å². The zero-order chi connectivity index (χ0) is 18.0. The number of hydrogen-bond acceptors (Lipinski definition) is 4. The van der Waals surface area contributed by atoms with Gasteiger partial charge >= 0.3 is 0 Å². The molecule has 0 radical (unpaired) electrons. The monoisotopic (exact) mass is 353 g/mol. The number of carbonyl (C=O) groups is 1. The second kappa shape index (κ2) is 7.21. The summed E-state index contributed by atoms with van der Waals surface area (Å²) in [5.41, 5.74) is 7.00. The van der Waals surface area contributed by atoms with Gasteiger partial charge in [0.25, 0.3) is 0 Å². The van der Waals surface area contributed by atoms with Crippen LogP contribution in [0, 0.1) is 5.41 Å². The van der Waals surface area contributed by atoms with Crippen molar-refractivity contribution >= 4 is 15.9 Å². The van der Waals surface area contributed by atoms with E-state index in [1.165, 1.54) is 7.05 Å². The SMILES string of the molecule is CNS(=O)(=O)c1ccc(CCC(=O)N2CCC(N)C(C)(C)C2)cc1. The first kappa shape index (κ1) is 18.9. The molecule has 3 N–H and O–H groups in total. The number of nitrogens with two attached hydrogens (primary N) is 1. The Bertz CT molecular complexity index is 684. The Kier molecular flexibility index (Phi) is 5.67. The number of aryl methyl sites for hydroxylation is 1. The second-order valence-corrected chi connectivity index (χ2v) is 8.94. The molecule has 24 heavy (non-hydrogen) atoms. The van der Waals surface area contributed by atoms with Gasteiger partial charge in [-0.05, 0) is 43.0 Å². The van der Waals surface area contributed by atoms with Crippen LogP contribution in [0.5, 0.6) is 0 Å². The highest BCUT2D eigenvalue weighted by molar-refractivity contribution is 7.89. The highest BCUT2D eigenvalue weighted by Crippen LogP contribution is 2.28. The first-order chi connectivity index (χ1) is 11.2. The predicted octanol–water partition coefficient (Wildman–Crippen LogP) is 1.11. The summed E-state index contributed by atoms with van der Waals surface area (Å²) in [6.45, 7) is 5.59. The molecule has 6 nitrogen and oxygen atoms in total. The van der Waals surface area contributed by atoms with Crippen molar-refractivity contribution in [2.45, 2.75) is 44.0 Å². The van der Waals surface area contributed by atoms with E-state index in [-0.39, 0.29) is 22.3 Å². The zero-order valence-electron chi connectivity index (χ0n) is 14.6. The molecule has 0 saturated carbocycles. The van der Waals surface area contributed by atoms with Gasteiger partial charge in [-0.1, -0.05) is 26.0 Å². The van der Waals surface area contributed by atoms with Gasteiger partial charge in [0.05, 0.1) is 4.90 Å². The summed E-state index contributed by atoms with van der Waals surface area (Å²) in [5, 5.41) is 0. The Hall–Kier alpha value is -1.44. The van der Waals surface area contributed by atoms with E-state index in [0.29, 0.717) is 25.9 Å². The quantitative estimate of drug-likeness (QED) is 0.829. The third-order valence-corrected chi connectivity index (χ3v) is 6.23. The van der Waals surface area contributed by atoms with Gasteiger partial charge in [-0.25, -0.2) is 13.1 Å². The maximum absolute atomic E-state index is 12.4. The van der Waals surface area contributed by atoms with Crippen molar-refractivity contribution < 1.29 is 13.2 Å². The first-order valence-corrected chi connectivity index (χ1v) is 9.70. The topological polar surface area (TPSA) is 92.5 Å². The maximum Gasteiger partial charge on any atom is 0.240 e. The van der Waals surface area contributed by atoms with Crippen molar-refractivity contribution in [3.63, 3.8) is 0 Å². The van der Waals surface area contributed by atoms with Gasteiger partial charge in [0.2, 0.25) is 15.9 Å². The molecule has 134 valence electrons. The fourth-order valence-corrected chi connectivity index (χ4v) is 3.68. The van der Waals surface area contributed by atoms with E-state index in [1.807, 2.05) is 4.90 Å². The van der Waals surface area contributed by atoms with Crippen molar-refractivity contribution in [1.82, 2.24) is 9.62 Å². The number of carbonyl (C=O) groups excluding carboxylic acids is 1. The minimum atomic E-state index is -3.42. The largest absolute Gasteiger partial charge is 0.342 e. The highest BCUT2D eigenvalue weighted by atomic mass is 32.2. The van der Waals surface area contributed by atoms with Gasteiger partial charge in [-0.3, -0.25) is 4.79 Å². The van der Waals surface area contributed by atoms with Crippen LogP contribution >= 0.6 is 0 Å². The van der Waals surface area contributed by atoms with Crippen LogP contribution in [0.1, 0.15) is 32.3 Å². The number of nitrogens with one attached hydrogen (secondary N) is 1. The average molecular weight is 353 g/mol. The summed E-state index contributed by atoms with van der Waals surface area (Å²) < 4.78 is 25.7.